The van der Waals surface area contributed by atoms with Crippen molar-refractivity contribution >= 4 is 17.1 Å². The van der Waals surface area contributed by atoms with E-state index in [9.17, 15) is 0 Å². The first kappa shape index (κ1) is 54.1. The third-order valence-corrected chi connectivity index (χ3v) is 16.6. The highest BCUT2D eigenvalue weighted by Crippen LogP contribution is 2.54. The van der Waals surface area contributed by atoms with Gasteiger partial charge in [0.25, 0.3) is 0 Å². The van der Waals surface area contributed by atoms with Crippen molar-refractivity contribution in [3.8, 4) is 66.8 Å². The van der Waals surface area contributed by atoms with Gasteiger partial charge in [-0.15, -0.1) is 0 Å². The minimum Gasteiger partial charge on any atom is -0.310 e. The van der Waals surface area contributed by atoms with E-state index in [2.05, 4.69) is 317 Å². The van der Waals surface area contributed by atoms with Gasteiger partial charge in [0.2, 0.25) is 0 Å². The van der Waals surface area contributed by atoms with Crippen molar-refractivity contribution in [2.75, 3.05) is 4.90 Å². The predicted molar refractivity (Wildman–Crippen MR) is 339 cm³/mol. The number of anilines is 3. The average Bonchev–Trinajstić information content (AvgIpc) is 3.70. The lowest BCUT2D eigenvalue weighted by Crippen LogP contribution is -2.18. The maximum Gasteiger partial charge on any atom is 0.0549 e. The van der Waals surface area contributed by atoms with E-state index >= 15 is 0 Å². The van der Waals surface area contributed by atoms with Gasteiger partial charge in [0.15, 0.2) is 0 Å². The number of fused-ring (bicyclic) bond motifs is 3. The first-order valence-corrected chi connectivity index (χ1v) is 28.5. The Balaban J connectivity index is 1.29. The Morgan fingerprint density at radius 1 is 0.269 bits per heavy atom. The summed E-state index contributed by atoms with van der Waals surface area (Å²) in [6.07, 6.45) is 0. The molecule has 0 aliphatic heterocycles. The zero-order valence-electron chi connectivity index (χ0n) is 49.9. The zero-order valence-corrected chi connectivity index (χ0v) is 49.9. The minimum atomic E-state index is -0.189. The molecule has 0 fully saturated rings. The van der Waals surface area contributed by atoms with Crippen LogP contribution in [-0.4, -0.2) is 0 Å². The fraction of sp³-hybridized carbons (Fsp3) is 0.299. The normalized spacial score (nSPS) is 13.6. The van der Waals surface area contributed by atoms with Crippen LogP contribution in [0.15, 0.2) is 194 Å². The number of rotatable bonds is 8. The fourth-order valence-corrected chi connectivity index (χ4v) is 11.5. The minimum absolute atomic E-state index is 0.00339. The standard InChI is InChI=1S/C77H83N/c1-72(2,3)58-39-53(37-54(40-58)56-42-60(74(7,8)9)46-61(43-56)75(10,11)12)55-38-57(44-59(41-55)73(4,5)6)67-47-62(76(13,14)15)48-70(71(67)51-29-22-19-23-30-51)78(63-32-26-31-52(45-63)50-27-20-18-21-28-50)64-35-36-66-65-33-24-25-34-68(65)77(16,17)69(66)49-64/h18-49H,1-17H3. The summed E-state index contributed by atoms with van der Waals surface area (Å²) in [6.45, 7) is 40.1. The molecule has 0 aromatic heterocycles. The van der Waals surface area contributed by atoms with Crippen molar-refractivity contribution in [1.29, 1.82) is 0 Å². The van der Waals surface area contributed by atoms with Gasteiger partial charge in [-0.25, -0.2) is 0 Å². The molecule has 1 aliphatic carbocycles. The molecule has 1 nitrogen and oxygen atoms in total. The van der Waals surface area contributed by atoms with Gasteiger partial charge in [-0.3, -0.25) is 0 Å². The van der Waals surface area contributed by atoms with E-state index in [0.29, 0.717) is 0 Å². The summed E-state index contributed by atoms with van der Waals surface area (Å²) in [7, 11) is 0. The van der Waals surface area contributed by atoms with Crippen LogP contribution in [0.5, 0.6) is 0 Å². The van der Waals surface area contributed by atoms with Crippen molar-refractivity contribution in [2.24, 2.45) is 0 Å². The summed E-state index contributed by atoms with van der Waals surface area (Å²) in [4.78, 5) is 2.57. The quantitative estimate of drug-likeness (QED) is 0.147. The number of hydrogen-bond donors (Lipinski definition) is 0. The Kier molecular flexibility index (Phi) is 13.6. The van der Waals surface area contributed by atoms with Crippen LogP contribution in [-0.2, 0) is 32.5 Å². The molecule has 1 heteroatoms. The van der Waals surface area contributed by atoms with Crippen molar-refractivity contribution in [1.82, 2.24) is 0 Å². The van der Waals surface area contributed by atoms with E-state index in [4.69, 9.17) is 0 Å². The highest BCUT2D eigenvalue weighted by molar-refractivity contribution is 5.99. The molecule has 0 bridgehead atoms. The number of hydrogen-bond acceptors (Lipinski definition) is 1. The molecule has 9 aromatic carbocycles. The summed E-state index contributed by atoms with van der Waals surface area (Å²) >= 11 is 0. The van der Waals surface area contributed by atoms with Crippen LogP contribution in [0.3, 0.4) is 0 Å². The molecular formula is C77H83N. The summed E-state index contributed by atoms with van der Waals surface area (Å²) in [5, 5.41) is 0. The molecule has 10 rings (SSSR count). The van der Waals surface area contributed by atoms with Gasteiger partial charge in [0, 0.05) is 22.4 Å². The molecule has 9 aromatic rings. The molecule has 0 heterocycles. The SMILES string of the molecule is CC(C)(C)c1cc(-c2cc(-c3cc(C(C)(C)C)cc(N(c4cccc(-c5ccccc5)c4)c4ccc5c(c4)C(C)(C)c4ccccc4-5)c3-c3ccccc3)cc(C(C)(C)C)c2)cc(-c2cc(C(C)(C)C)cc(C(C)(C)C)c2)c1. The summed E-state index contributed by atoms with van der Waals surface area (Å²) in [5.41, 5.74) is 26.9. The Morgan fingerprint density at radius 3 is 1.22 bits per heavy atom. The van der Waals surface area contributed by atoms with Crippen LogP contribution in [0.1, 0.15) is 157 Å². The molecule has 0 radical (unpaired) electrons. The molecule has 0 atom stereocenters. The van der Waals surface area contributed by atoms with Crippen LogP contribution in [0.4, 0.5) is 17.1 Å². The van der Waals surface area contributed by atoms with Gasteiger partial charge >= 0.3 is 0 Å². The lowest BCUT2D eigenvalue weighted by Gasteiger charge is -2.33. The maximum atomic E-state index is 2.57. The Hall–Kier alpha value is -7.22. The monoisotopic (exact) mass is 1020 g/mol. The van der Waals surface area contributed by atoms with Crippen molar-refractivity contribution in [2.45, 2.75) is 150 Å². The lowest BCUT2D eigenvalue weighted by atomic mass is 9.77. The Morgan fingerprint density at radius 2 is 0.679 bits per heavy atom. The molecule has 0 spiro atoms. The average molecular weight is 1020 g/mol. The van der Waals surface area contributed by atoms with E-state index < -0.39 is 0 Å². The second kappa shape index (κ2) is 19.6. The summed E-state index contributed by atoms with van der Waals surface area (Å²) < 4.78 is 0. The second-order valence-corrected chi connectivity index (χ2v) is 28.1. The zero-order chi connectivity index (χ0) is 55.9. The fourth-order valence-electron chi connectivity index (χ4n) is 11.5. The summed E-state index contributed by atoms with van der Waals surface area (Å²) in [5.74, 6) is 0. The topological polar surface area (TPSA) is 3.24 Å². The van der Waals surface area contributed by atoms with Gasteiger partial charge in [-0.2, -0.15) is 0 Å². The first-order valence-electron chi connectivity index (χ1n) is 28.5. The van der Waals surface area contributed by atoms with E-state index in [0.717, 1.165) is 17.1 Å². The summed E-state index contributed by atoms with van der Waals surface area (Å²) in [6, 6.07) is 74.6. The maximum absolute atomic E-state index is 2.57. The first-order chi connectivity index (χ1) is 36.6. The molecule has 0 N–H and O–H groups in total. The smallest absolute Gasteiger partial charge is 0.0549 e. The Bertz CT molecular complexity index is 3670. The molecule has 0 saturated heterocycles. The van der Waals surface area contributed by atoms with Crippen molar-refractivity contribution in [3.05, 3.63) is 233 Å². The van der Waals surface area contributed by atoms with Crippen LogP contribution < -0.4 is 4.90 Å². The molecular weight excluding hydrogens is 939 g/mol. The van der Waals surface area contributed by atoms with Crippen LogP contribution in [0, 0.1) is 0 Å². The highest BCUT2D eigenvalue weighted by atomic mass is 15.1. The number of nitrogens with zero attached hydrogens (tertiary/aromatic N) is 1. The van der Waals surface area contributed by atoms with E-state index in [1.165, 1.54) is 106 Å². The van der Waals surface area contributed by atoms with E-state index in [1.807, 2.05) is 0 Å². The molecule has 78 heavy (non-hydrogen) atoms. The van der Waals surface area contributed by atoms with Crippen molar-refractivity contribution in [3.63, 3.8) is 0 Å². The van der Waals surface area contributed by atoms with Gasteiger partial charge in [-0.1, -0.05) is 263 Å². The molecule has 0 amide bonds. The third-order valence-electron chi connectivity index (χ3n) is 16.6. The van der Waals surface area contributed by atoms with Crippen LogP contribution in [0.2, 0.25) is 0 Å². The van der Waals surface area contributed by atoms with Gasteiger partial charge in [0.1, 0.15) is 0 Å². The van der Waals surface area contributed by atoms with Gasteiger partial charge in [-0.05, 0) is 176 Å². The van der Waals surface area contributed by atoms with Gasteiger partial charge in [0.05, 0.1) is 5.69 Å². The molecule has 1 aliphatic rings. The molecule has 0 unspecified atom stereocenters. The predicted octanol–water partition coefficient (Wildman–Crippen LogP) is 22.3. The van der Waals surface area contributed by atoms with Crippen LogP contribution >= 0.6 is 0 Å². The Labute approximate surface area is 469 Å². The lowest BCUT2D eigenvalue weighted by molar-refractivity contribution is 0.569. The molecule has 0 saturated carbocycles. The second-order valence-electron chi connectivity index (χ2n) is 28.1. The number of benzene rings is 9. The third kappa shape index (κ3) is 10.6. The van der Waals surface area contributed by atoms with Crippen LogP contribution in [0.25, 0.3) is 66.8 Å². The van der Waals surface area contributed by atoms with E-state index in [-0.39, 0.29) is 32.5 Å². The van der Waals surface area contributed by atoms with E-state index in [1.54, 1.807) is 0 Å². The largest absolute Gasteiger partial charge is 0.310 e. The van der Waals surface area contributed by atoms with Gasteiger partial charge < -0.3 is 4.90 Å². The molecule has 396 valence electrons. The van der Waals surface area contributed by atoms with Crippen molar-refractivity contribution < 1.29 is 0 Å². The highest BCUT2D eigenvalue weighted by Gasteiger charge is 2.37.